The first kappa shape index (κ1) is 15.3. The van der Waals surface area contributed by atoms with E-state index in [1.165, 1.54) is 19.2 Å². The SMILES string of the molecule is C=C(Cl)c1oc(NC)c(-c2cccc(C(F)(F)F)c2)c1O. The second-order valence-corrected chi connectivity index (χ2v) is 4.67. The standard InChI is InChI=1S/C14H11ClF3NO2/c1-7(15)12-11(20)10(13(19-2)21-12)8-4-3-5-9(6-8)14(16,17)18/h3-6,19-20H,1H2,2H3. The summed E-state index contributed by atoms with van der Waals surface area (Å²) in [6.45, 7) is 3.43. The summed E-state index contributed by atoms with van der Waals surface area (Å²) < 4.78 is 43.6. The maximum atomic E-state index is 12.8. The largest absolute Gasteiger partial charge is 0.504 e. The number of alkyl halides is 3. The number of anilines is 1. The predicted octanol–water partition coefficient (Wildman–Crippen LogP) is 4.92. The molecule has 0 bridgehead atoms. The first-order valence-corrected chi connectivity index (χ1v) is 6.19. The van der Waals surface area contributed by atoms with Crippen LogP contribution in [0.2, 0.25) is 0 Å². The van der Waals surface area contributed by atoms with Crippen LogP contribution in [-0.4, -0.2) is 12.2 Å². The van der Waals surface area contributed by atoms with Gasteiger partial charge in [0.15, 0.2) is 11.5 Å². The van der Waals surface area contributed by atoms with Gasteiger partial charge in [0.2, 0.25) is 5.88 Å². The van der Waals surface area contributed by atoms with Crippen LogP contribution < -0.4 is 5.32 Å². The zero-order valence-corrected chi connectivity index (χ0v) is 11.6. The summed E-state index contributed by atoms with van der Waals surface area (Å²) >= 11 is 5.69. The highest BCUT2D eigenvalue weighted by atomic mass is 35.5. The summed E-state index contributed by atoms with van der Waals surface area (Å²) in [7, 11) is 1.51. The van der Waals surface area contributed by atoms with Crippen molar-refractivity contribution in [3.05, 3.63) is 42.2 Å². The summed E-state index contributed by atoms with van der Waals surface area (Å²) in [5, 5.41) is 12.7. The number of furan rings is 1. The molecule has 0 atom stereocenters. The van der Waals surface area contributed by atoms with Gasteiger partial charge in [0.05, 0.1) is 16.2 Å². The molecule has 1 aromatic heterocycles. The Balaban J connectivity index is 2.64. The lowest BCUT2D eigenvalue weighted by Crippen LogP contribution is -2.04. The van der Waals surface area contributed by atoms with Crippen LogP contribution in [0.15, 0.2) is 35.3 Å². The Kier molecular flexibility index (Phi) is 3.91. The van der Waals surface area contributed by atoms with Gasteiger partial charge in [-0.15, -0.1) is 0 Å². The summed E-state index contributed by atoms with van der Waals surface area (Å²) in [5.74, 6) is -0.351. The Morgan fingerprint density at radius 2 is 2.05 bits per heavy atom. The molecule has 0 fully saturated rings. The van der Waals surface area contributed by atoms with Crippen LogP contribution in [-0.2, 0) is 6.18 Å². The van der Waals surface area contributed by atoms with E-state index in [-0.39, 0.29) is 33.6 Å². The third kappa shape index (κ3) is 2.85. The Morgan fingerprint density at radius 3 is 2.57 bits per heavy atom. The van der Waals surface area contributed by atoms with E-state index in [1.807, 2.05) is 0 Å². The van der Waals surface area contributed by atoms with E-state index < -0.39 is 11.7 Å². The fourth-order valence-electron chi connectivity index (χ4n) is 1.90. The average Bonchev–Trinajstić information content (AvgIpc) is 2.75. The van der Waals surface area contributed by atoms with Crippen LogP contribution >= 0.6 is 11.6 Å². The Bertz CT molecular complexity index is 692. The zero-order chi connectivity index (χ0) is 15.8. The third-order valence-electron chi connectivity index (χ3n) is 2.84. The fourth-order valence-corrected chi connectivity index (χ4v) is 2.03. The maximum Gasteiger partial charge on any atom is 0.416 e. The highest BCUT2D eigenvalue weighted by Crippen LogP contribution is 2.45. The molecule has 2 rings (SSSR count). The molecule has 0 aliphatic heterocycles. The lowest BCUT2D eigenvalue weighted by atomic mass is 10.0. The van der Waals surface area contributed by atoms with E-state index in [1.54, 1.807) is 0 Å². The number of aromatic hydroxyl groups is 1. The lowest BCUT2D eigenvalue weighted by Gasteiger charge is -2.09. The molecule has 0 aliphatic rings. The number of rotatable bonds is 3. The quantitative estimate of drug-likeness (QED) is 0.844. The van der Waals surface area contributed by atoms with Crippen molar-refractivity contribution in [3.63, 3.8) is 0 Å². The zero-order valence-electron chi connectivity index (χ0n) is 10.9. The van der Waals surface area contributed by atoms with Gasteiger partial charge in [-0.2, -0.15) is 13.2 Å². The minimum Gasteiger partial charge on any atom is -0.504 e. The molecular weight excluding hydrogens is 307 g/mol. The van der Waals surface area contributed by atoms with E-state index in [0.717, 1.165) is 12.1 Å². The van der Waals surface area contributed by atoms with E-state index in [0.29, 0.717) is 0 Å². The minimum atomic E-state index is -4.48. The normalized spacial score (nSPS) is 11.5. The summed E-state index contributed by atoms with van der Waals surface area (Å²) in [4.78, 5) is 0. The number of hydrogen-bond donors (Lipinski definition) is 2. The first-order chi connectivity index (χ1) is 9.75. The van der Waals surface area contributed by atoms with Gasteiger partial charge in [-0.05, 0) is 17.7 Å². The van der Waals surface area contributed by atoms with Crippen molar-refractivity contribution in [1.82, 2.24) is 0 Å². The van der Waals surface area contributed by atoms with Gasteiger partial charge in [-0.1, -0.05) is 30.3 Å². The van der Waals surface area contributed by atoms with Crippen LogP contribution in [0.5, 0.6) is 5.75 Å². The van der Waals surface area contributed by atoms with Gasteiger partial charge in [0.25, 0.3) is 0 Å². The van der Waals surface area contributed by atoms with Crippen LogP contribution in [0.3, 0.4) is 0 Å². The third-order valence-corrected chi connectivity index (χ3v) is 3.01. The highest BCUT2D eigenvalue weighted by Gasteiger charge is 2.31. The number of hydrogen-bond acceptors (Lipinski definition) is 3. The average molecular weight is 318 g/mol. The minimum absolute atomic E-state index is 0.0535. The molecule has 0 unspecified atom stereocenters. The highest BCUT2D eigenvalue weighted by molar-refractivity contribution is 6.48. The molecule has 7 heteroatoms. The maximum absolute atomic E-state index is 12.8. The molecule has 0 amide bonds. The van der Waals surface area contributed by atoms with Crippen molar-refractivity contribution in [2.45, 2.75) is 6.18 Å². The van der Waals surface area contributed by atoms with Crippen molar-refractivity contribution in [2.75, 3.05) is 12.4 Å². The second-order valence-electron chi connectivity index (χ2n) is 4.22. The Morgan fingerprint density at radius 1 is 1.38 bits per heavy atom. The van der Waals surface area contributed by atoms with E-state index in [9.17, 15) is 18.3 Å². The number of benzene rings is 1. The van der Waals surface area contributed by atoms with Gasteiger partial charge in [0.1, 0.15) is 0 Å². The molecule has 2 N–H and O–H groups in total. The van der Waals surface area contributed by atoms with Crippen molar-refractivity contribution in [2.24, 2.45) is 0 Å². The monoisotopic (exact) mass is 317 g/mol. The number of nitrogens with one attached hydrogen (secondary N) is 1. The van der Waals surface area contributed by atoms with Gasteiger partial charge >= 0.3 is 6.18 Å². The van der Waals surface area contributed by atoms with Crippen molar-refractivity contribution in [1.29, 1.82) is 0 Å². The predicted molar refractivity (Wildman–Crippen MR) is 75.2 cm³/mol. The molecular formula is C14H11ClF3NO2. The molecule has 3 nitrogen and oxygen atoms in total. The smallest absolute Gasteiger partial charge is 0.416 e. The lowest BCUT2D eigenvalue weighted by molar-refractivity contribution is -0.137. The Hall–Kier alpha value is -2.08. The number of halogens is 4. The van der Waals surface area contributed by atoms with Crippen LogP contribution in [0.25, 0.3) is 16.2 Å². The van der Waals surface area contributed by atoms with Gasteiger partial charge < -0.3 is 14.8 Å². The van der Waals surface area contributed by atoms with E-state index in [4.69, 9.17) is 16.0 Å². The van der Waals surface area contributed by atoms with Crippen LogP contribution in [0.4, 0.5) is 19.1 Å². The fraction of sp³-hybridized carbons (Fsp3) is 0.143. The molecule has 0 radical (unpaired) electrons. The van der Waals surface area contributed by atoms with Gasteiger partial charge in [-0.25, -0.2) is 0 Å². The van der Waals surface area contributed by atoms with Crippen molar-refractivity contribution in [3.8, 4) is 16.9 Å². The molecule has 112 valence electrons. The summed E-state index contributed by atoms with van der Waals surface area (Å²) in [5.41, 5.74) is -0.575. The second kappa shape index (κ2) is 5.37. The molecule has 2 aromatic rings. The molecule has 1 aromatic carbocycles. The molecule has 1 heterocycles. The Labute approximate surface area is 123 Å². The van der Waals surface area contributed by atoms with E-state index in [2.05, 4.69) is 11.9 Å². The summed E-state index contributed by atoms with van der Waals surface area (Å²) in [6, 6.07) is 4.55. The molecule has 0 aliphatic carbocycles. The first-order valence-electron chi connectivity index (χ1n) is 5.81. The molecule has 21 heavy (non-hydrogen) atoms. The van der Waals surface area contributed by atoms with Crippen molar-refractivity contribution >= 4 is 22.5 Å². The summed E-state index contributed by atoms with van der Waals surface area (Å²) in [6.07, 6.45) is -4.48. The van der Waals surface area contributed by atoms with Crippen molar-refractivity contribution < 1.29 is 22.7 Å². The van der Waals surface area contributed by atoms with Gasteiger partial charge in [0, 0.05) is 7.05 Å². The molecule has 0 spiro atoms. The molecule has 0 saturated carbocycles. The topological polar surface area (TPSA) is 45.4 Å². The van der Waals surface area contributed by atoms with Gasteiger partial charge in [-0.3, -0.25) is 0 Å². The molecule has 0 saturated heterocycles. The van der Waals surface area contributed by atoms with Crippen LogP contribution in [0, 0.1) is 0 Å². The van der Waals surface area contributed by atoms with Crippen LogP contribution in [0.1, 0.15) is 11.3 Å². The van der Waals surface area contributed by atoms with E-state index >= 15 is 0 Å².